The van der Waals surface area contributed by atoms with Crippen LogP contribution in [0.3, 0.4) is 0 Å². The molecular formula is C7H5ClF3N3O3. The summed E-state index contributed by atoms with van der Waals surface area (Å²) in [5, 5.41) is 22.8. The summed E-state index contributed by atoms with van der Waals surface area (Å²) < 4.78 is 35.8. The van der Waals surface area contributed by atoms with E-state index in [4.69, 9.17) is 11.6 Å². The van der Waals surface area contributed by atoms with Gasteiger partial charge in [-0.15, -0.1) is 0 Å². The first kappa shape index (κ1) is 13.3. The Morgan fingerprint density at radius 1 is 1.53 bits per heavy atom. The van der Waals surface area contributed by atoms with Crippen LogP contribution in [0.15, 0.2) is 12.3 Å². The Hall–Kier alpha value is -1.77. The first-order valence-corrected chi connectivity index (χ1v) is 4.46. The number of anilines is 1. The maximum atomic E-state index is 11.9. The molecule has 10 heteroatoms. The highest BCUT2D eigenvalue weighted by Crippen LogP contribution is 2.26. The molecule has 0 aromatic carbocycles. The van der Waals surface area contributed by atoms with Gasteiger partial charge in [-0.25, -0.2) is 0 Å². The van der Waals surface area contributed by atoms with Crippen molar-refractivity contribution in [3.8, 4) is 0 Å². The number of rotatable bonds is 3. The third-order valence-electron chi connectivity index (χ3n) is 1.66. The zero-order valence-electron chi connectivity index (χ0n) is 7.99. The molecule has 0 unspecified atom stereocenters. The summed E-state index contributed by atoms with van der Waals surface area (Å²) >= 11 is 5.32. The fraction of sp³-hybridized carbons (Fsp3) is 0.286. The SMILES string of the molecule is O=[N+]([O-])c1cc(Cl)[n+]([O-])cc1NCC(F)(F)F. The van der Waals surface area contributed by atoms with E-state index in [9.17, 15) is 28.5 Å². The molecule has 0 radical (unpaired) electrons. The van der Waals surface area contributed by atoms with Gasteiger partial charge < -0.3 is 10.5 Å². The quantitative estimate of drug-likeness (QED) is 0.299. The van der Waals surface area contributed by atoms with E-state index in [2.05, 4.69) is 0 Å². The van der Waals surface area contributed by atoms with Crippen LogP contribution >= 0.6 is 11.6 Å². The van der Waals surface area contributed by atoms with Crippen LogP contribution in [-0.4, -0.2) is 17.6 Å². The van der Waals surface area contributed by atoms with Gasteiger partial charge in [-0.2, -0.15) is 17.9 Å². The van der Waals surface area contributed by atoms with Crippen LogP contribution in [0.1, 0.15) is 0 Å². The lowest BCUT2D eigenvalue weighted by Gasteiger charge is -2.09. The van der Waals surface area contributed by atoms with E-state index < -0.39 is 34.2 Å². The lowest BCUT2D eigenvalue weighted by atomic mass is 10.3. The van der Waals surface area contributed by atoms with Crippen LogP contribution in [0, 0.1) is 15.3 Å². The van der Waals surface area contributed by atoms with Crippen LogP contribution in [0.2, 0.25) is 5.15 Å². The van der Waals surface area contributed by atoms with Gasteiger partial charge in [-0.3, -0.25) is 10.1 Å². The number of hydrogen-bond donors (Lipinski definition) is 1. The zero-order valence-corrected chi connectivity index (χ0v) is 8.75. The van der Waals surface area contributed by atoms with Gasteiger partial charge in [0.1, 0.15) is 12.6 Å². The third-order valence-corrected chi connectivity index (χ3v) is 1.94. The third kappa shape index (κ3) is 3.63. The molecule has 0 amide bonds. The molecule has 6 nitrogen and oxygen atoms in total. The highest BCUT2D eigenvalue weighted by Gasteiger charge is 2.29. The molecule has 0 spiro atoms. The number of pyridine rings is 1. The molecule has 0 saturated heterocycles. The second-order valence-corrected chi connectivity index (χ2v) is 3.33. The first-order chi connectivity index (χ1) is 7.70. The second-order valence-electron chi connectivity index (χ2n) is 2.95. The van der Waals surface area contributed by atoms with Crippen molar-refractivity contribution in [2.75, 3.05) is 11.9 Å². The Kier molecular flexibility index (Phi) is 3.61. The summed E-state index contributed by atoms with van der Waals surface area (Å²) in [6, 6.07) is 0.674. The van der Waals surface area contributed by atoms with E-state index in [0.29, 0.717) is 12.3 Å². The van der Waals surface area contributed by atoms with Gasteiger partial charge in [0.25, 0.3) is 5.15 Å². The van der Waals surface area contributed by atoms with Crippen LogP contribution < -0.4 is 10.0 Å². The number of hydrogen-bond acceptors (Lipinski definition) is 4. The van der Waals surface area contributed by atoms with Crippen LogP contribution in [0.25, 0.3) is 0 Å². The number of nitro groups is 1. The Morgan fingerprint density at radius 2 is 2.12 bits per heavy atom. The average molecular weight is 272 g/mol. The normalized spacial score (nSPS) is 11.3. The number of nitrogens with one attached hydrogen (secondary N) is 1. The number of halogens is 4. The summed E-state index contributed by atoms with van der Waals surface area (Å²) in [6.07, 6.45) is -3.98. The lowest BCUT2D eigenvalue weighted by Crippen LogP contribution is -2.29. The van der Waals surface area contributed by atoms with Crippen molar-refractivity contribution in [2.45, 2.75) is 6.18 Å². The van der Waals surface area contributed by atoms with Gasteiger partial charge >= 0.3 is 11.9 Å². The van der Waals surface area contributed by atoms with E-state index in [1.165, 1.54) is 0 Å². The average Bonchev–Trinajstić information content (AvgIpc) is 2.17. The molecule has 0 bridgehead atoms. The molecule has 1 rings (SSSR count). The number of alkyl halides is 3. The number of nitrogens with zero attached hydrogens (tertiary/aromatic N) is 2. The standard InChI is InChI=1S/C7H5ClF3N3O3/c8-6-1-5(14(16)17)4(2-13(6)15)12-3-7(9,10)11/h1-2,12H,3H2. The van der Waals surface area contributed by atoms with Crippen molar-refractivity contribution < 1.29 is 22.8 Å². The molecule has 1 N–H and O–H groups in total. The van der Waals surface area contributed by atoms with Gasteiger partial charge in [-0.1, -0.05) is 0 Å². The summed E-state index contributed by atoms with van der Waals surface area (Å²) in [7, 11) is 0. The van der Waals surface area contributed by atoms with Crippen molar-refractivity contribution in [3.05, 3.63) is 32.7 Å². The Labute approximate surface area is 97.3 Å². The molecule has 0 fully saturated rings. The van der Waals surface area contributed by atoms with Gasteiger partial charge in [0, 0.05) is 0 Å². The molecule has 0 aliphatic heterocycles. The molecule has 0 saturated carbocycles. The van der Waals surface area contributed by atoms with Crippen molar-refractivity contribution in [3.63, 3.8) is 0 Å². The van der Waals surface area contributed by atoms with E-state index in [1.54, 1.807) is 5.32 Å². The maximum Gasteiger partial charge on any atom is 0.405 e. The Morgan fingerprint density at radius 3 is 2.59 bits per heavy atom. The minimum atomic E-state index is -4.55. The fourth-order valence-corrected chi connectivity index (χ4v) is 1.13. The molecule has 0 aliphatic rings. The molecule has 17 heavy (non-hydrogen) atoms. The van der Waals surface area contributed by atoms with Crippen LogP contribution in [0.4, 0.5) is 24.5 Å². The van der Waals surface area contributed by atoms with Gasteiger partial charge in [0.15, 0.2) is 5.69 Å². The minimum Gasteiger partial charge on any atom is -0.618 e. The summed E-state index contributed by atoms with van der Waals surface area (Å²) in [5.74, 6) is 0. The Bertz CT molecular complexity index is 452. The minimum absolute atomic E-state index is 0.0211. The molecule has 1 heterocycles. The fourth-order valence-electron chi connectivity index (χ4n) is 0.982. The zero-order chi connectivity index (χ0) is 13.2. The first-order valence-electron chi connectivity index (χ1n) is 4.08. The van der Waals surface area contributed by atoms with Crippen molar-refractivity contribution in [1.29, 1.82) is 0 Å². The summed E-state index contributed by atoms with van der Waals surface area (Å²) in [6.45, 7) is -1.49. The molecule has 0 aliphatic carbocycles. The summed E-state index contributed by atoms with van der Waals surface area (Å²) in [4.78, 5) is 9.58. The molecular weight excluding hydrogens is 267 g/mol. The van der Waals surface area contributed by atoms with Gasteiger partial charge in [0.2, 0.25) is 6.20 Å². The summed E-state index contributed by atoms with van der Waals surface area (Å²) in [5.41, 5.74) is -1.25. The topological polar surface area (TPSA) is 82.1 Å². The lowest BCUT2D eigenvalue weighted by molar-refractivity contribution is -0.602. The Balaban J connectivity index is 3.05. The smallest absolute Gasteiger partial charge is 0.405 e. The maximum absolute atomic E-state index is 11.9. The molecule has 1 aromatic heterocycles. The predicted molar refractivity (Wildman–Crippen MR) is 51.6 cm³/mol. The van der Waals surface area contributed by atoms with Crippen molar-refractivity contribution >= 4 is 23.0 Å². The van der Waals surface area contributed by atoms with E-state index >= 15 is 0 Å². The monoisotopic (exact) mass is 271 g/mol. The van der Waals surface area contributed by atoms with Gasteiger partial charge in [-0.05, 0) is 11.6 Å². The van der Waals surface area contributed by atoms with Crippen LogP contribution in [0.5, 0.6) is 0 Å². The second kappa shape index (κ2) is 4.62. The van der Waals surface area contributed by atoms with Crippen molar-refractivity contribution in [2.24, 2.45) is 0 Å². The van der Waals surface area contributed by atoms with E-state index in [1.807, 2.05) is 0 Å². The molecule has 1 aromatic rings. The highest BCUT2D eigenvalue weighted by molar-refractivity contribution is 6.28. The number of aromatic nitrogens is 1. The predicted octanol–water partition coefficient (Wildman–Crippen LogP) is 1.86. The van der Waals surface area contributed by atoms with Gasteiger partial charge in [0.05, 0.1) is 4.92 Å². The molecule has 94 valence electrons. The largest absolute Gasteiger partial charge is 0.618 e. The van der Waals surface area contributed by atoms with E-state index in [-0.39, 0.29) is 4.73 Å². The van der Waals surface area contributed by atoms with Crippen LogP contribution in [-0.2, 0) is 0 Å². The highest BCUT2D eigenvalue weighted by atomic mass is 35.5. The molecule has 0 atom stereocenters. The van der Waals surface area contributed by atoms with Crippen molar-refractivity contribution in [1.82, 2.24) is 0 Å². The van der Waals surface area contributed by atoms with E-state index in [0.717, 1.165) is 0 Å².